The van der Waals surface area contributed by atoms with Gasteiger partial charge in [0.05, 0.1) is 11.4 Å². The highest BCUT2D eigenvalue weighted by atomic mass is 16.6. The van der Waals surface area contributed by atoms with Gasteiger partial charge in [-0.15, -0.1) is 0 Å². The molecule has 1 aliphatic heterocycles. The first-order chi connectivity index (χ1) is 12.7. The van der Waals surface area contributed by atoms with Crippen LogP contribution in [0.5, 0.6) is 0 Å². The van der Waals surface area contributed by atoms with E-state index in [1.807, 2.05) is 19.1 Å². The number of carbonyl (C=O) groups excluding carboxylic acids is 3. The van der Waals surface area contributed by atoms with Crippen LogP contribution in [0.2, 0.25) is 0 Å². The number of anilines is 2. The normalized spacial score (nSPS) is 13.0. The molecule has 3 amide bonds. The van der Waals surface area contributed by atoms with Gasteiger partial charge >= 0.3 is 6.09 Å². The summed E-state index contributed by atoms with van der Waals surface area (Å²) in [5, 5.41) is 2.73. The van der Waals surface area contributed by atoms with Crippen molar-refractivity contribution in [3.8, 4) is 0 Å². The largest absolute Gasteiger partial charge is 0.444 e. The molecule has 0 radical (unpaired) electrons. The van der Waals surface area contributed by atoms with E-state index in [2.05, 4.69) is 11.9 Å². The molecule has 7 nitrogen and oxygen atoms in total. The summed E-state index contributed by atoms with van der Waals surface area (Å²) >= 11 is 0. The molecule has 1 aromatic carbocycles. The summed E-state index contributed by atoms with van der Waals surface area (Å²) in [6.45, 7) is 11.5. The Hall–Kier alpha value is -2.83. The third-order valence-electron chi connectivity index (χ3n) is 4.13. The van der Waals surface area contributed by atoms with Gasteiger partial charge in [0, 0.05) is 13.1 Å². The topological polar surface area (TPSA) is 79.0 Å². The number of nitrogens with one attached hydrogen (secondary N) is 1. The van der Waals surface area contributed by atoms with Crippen LogP contribution >= 0.6 is 0 Å². The van der Waals surface area contributed by atoms with Crippen LogP contribution in [0.4, 0.5) is 16.2 Å². The van der Waals surface area contributed by atoms with Gasteiger partial charge in [0.1, 0.15) is 12.1 Å². The van der Waals surface area contributed by atoms with Crippen LogP contribution < -0.4 is 10.2 Å². The Labute approximate surface area is 160 Å². The Morgan fingerprint density at radius 3 is 2.63 bits per heavy atom. The molecule has 0 aromatic heterocycles. The zero-order valence-electron chi connectivity index (χ0n) is 16.4. The summed E-state index contributed by atoms with van der Waals surface area (Å²) in [5.41, 5.74) is 1.53. The molecule has 0 atom stereocenters. The molecule has 0 spiro atoms. The Morgan fingerprint density at radius 2 is 2.04 bits per heavy atom. The average Bonchev–Trinajstić information content (AvgIpc) is 3.02. The van der Waals surface area contributed by atoms with E-state index < -0.39 is 11.7 Å². The molecule has 1 aliphatic rings. The van der Waals surface area contributed by atoms with Gasteiger partial charge in [0.2, 0.25) is 11.8 Å². The van der Waals surface area contributed by atoms with Gasteiger partial charge in [-0.25, -0.2) is 4.79 Å². The predicted octanol–water partition coefficient (Wildman–Crippen LogP) is 2.96. The molecule has 2 rings (SSSR count). The van der Waals surface area contributed by atoms with E-state index in [1.165, 1.54) is 11.0 Å². The highest BCUT2D eigenvalue weighted by Crippen LogP contribution is 2.36. The third kappa shape index (κ3) is 5.09. The number of nitrogens with zero attached hydrogens (tertiary/aromatic N) is 2. The van der Waals surface area contributed by atoms with Crippen LogP contribution in [0.25, 0.3) is 0 Å². The highest BCUT2D eigenvalue weighted by molar-refractivity contribution is 6.04. The maximum atomic E-state index is 12.8. The summed E-state index contributed by atoms with van der Waals surface area (Å²) in [4.78, 5) is 39.9. The van der Waals surface area contributed by atoms with E-state index in [9.17, 15) is 14.4 Å². The zero-order chi connectivity index (χ0) is 20.2. The Morgan fingerprint density at radius 1 is 1.33 bits per heavy atom. The van der Waals surface area contributed by atoms with Crippen molar-refractivity contribution in [2.45, 2.75) is 39.7 Å². The molecule has 0 saturated heterocycles. The second-order valence-corrected chi connectivity index (χ2v) is 7.29. The molecule has 0 bridgehead atoms. The molecule has 0 fully saturated rings. The minimum Gasteiger partial charge on any atom is -0.444 e. The molecule has 146 valence electrons. The van der Waals surface area contributed by atoms with E-state index in [0.717, 1.165) is 5.56 Å². The SMILES string of the molecule is C=CC(=O)N(CC)CC(=O)N1CCc2cccc(NC(=O)OC(C)(C)C)c21. The molecule has 0 saturated carbocycles. The lowest BCUT2D eigenvalue weighted by atomic mass is 10.1. The number of hydrogen-bond donors (Lipinski definition) is 1. The lowest BCUT2D eigenvalue weighted by molar-refractivity contribution is -0.131. The average molecular weight is 373 g/mol. The molecular weight excluding hydrogens is 346 g/mol. The zero-order valence-corrected chi connectivity index (χ0v) is 16.4. The van der Waals surface area contributed by atoms with E-state index in [0.29, 0.717) is 30.9 Å². The summed E-state index contributed by atoms with van der Waals surface area (Å²) in [5.74, 6) is -0.491. The number of amides is 3. The molecular formula is C20H27N3O4. The third-order valence-corrected chi connectivity index (χ3v) is 4.13. The van der Waals surface area contributed by atoms with E-state index >= 15 is 0 Å². The van der Waals surface area contributed by atoms with Gasteiger partial charge in [0.25, 0.3) is 0 Å². The van der Waals surface area contributed by atoms with Gasteiger partial charge in [-0.05, 0) is 51.8 Å². The number of carbonyl (C=O) groups is 3. The molecule has 1 N–H and O–H groups in total. The minimum absolute atomic E-state index is 0.0401. The van der Waals surface area contributed by atoms with Crippen molar-refractivity contribution in [1.82, 2.24) is 4.90 Å². The monoisotopic (exact) mass is 373 g/mol. The summed E-state index contributed by atoms with van der Waals surface area (Å²) in [6.07, 6.45) is 1.31. The second kappa shape index (κ2) is 8.24. The van der Waals surface area contributed by atoms with Crippen LogP contribution in [0.1, 0.15) is 33.3 Å². The maximum absolute atomic E-state index is 12.8. The lowest BCUT2D eigenvalue weighted by Crippen LogP contribution is -2.42. The minimum atomic E-state index is -0.621. The van der Waals surface area contributed by atoms with Gasteiger partial charge < -0.3 is 14.5 Å². The van der Waals surface area contributed by atoms with Gasteiger partial charge in [0.15, 0.2) is 0 Å². The summed E-state index contributed by atoms with van der Waals surface area (Å²) in [6, 6.07) is 5.50. The van der Waals surface area contributed by atoms with Crippen LogP contribution in [-0.2, 0) is 20.7 Å². The number of ether oxygens (including phenoxy) is 1. The number of para-hydroxylation sites is 1. The molecule has 0 unspecified atom stereocenters. The summed E-state index contributed by atoms with van der Waals surface area (Å²) < 4.78 is 5.31. The quantitative estimate of drug-likeness (QED) is 0.805. The van der Waals surface area contributed by atoms with Gasteiger partial charge in [-0.2, -0.15) is 0 Å². The Bertz CT molecular complexity index is 752. The van der Waals surface area contributed by atoms with E-state index in [4.69, 9.17) is 4.74 Å². The van der Waals surface area contributed by atoms with Crippen molar-refractivity contribution in [3.63, 3.8) is 0 Å². The number of likely N-dealkylation sites (N-methyl/N-ethyl adjacent to an activating group) is 1. The number of fused-ring (bicyclic) bond motifs is 1. The summed E-state index contributed by atoms with van der Waals surface area (Å²) in [7, 11) is 0. The van der Waals surface area contributed by atoms with Gasteiger partial charge in [-0.1, -0.05) is 18.7 Å². The Balaban J connectivity index is 2.21. The van der Waals surface area contributed by atoms with Crippen LogP contribution in [0, 0.1) is 0 Å². The predicted molar refractivity (Wildman–Crippen MR) is 105 cm³/mol. The Kier molecular flexibility index (Phi) is 6.25. The van der Waals surface area contributed by atoms with Crippen molar-refractivity contribution in [1.29, 1.82) is 0 Å². The molecule has 7 heteroatoms. The number of hydrogen-bond acceptors (Lipinski definition) is 4. The molecule has 27 heavy (non-hydrogen) atoms. The van der Waals surface area contributed by atoms with E-state index in [1.54, 1.807) is 31.7 Å². The van der Waals surface area contributed by atoms with Crippen molar-refractivity contribution in [3.05, 3.63) is 36.4 Å². The molecule has 1 aromatic rings. The maximum Gasteiger partial charge on any atom is 0.412 e. The van der Waals surface area contributed by atoms with Crippen molar-refractivity contribution < 1.29 is 19.1 Å². The first-order valence-electron chi connectivity index (χ1n) is 9.00. The van der Waals surface area contributed by atoms with Crippen molar-refractivity contribution in [2.75, 3.05) is 29.9 Å². The standard InChI is InChI=1S/C20H27N3O4/c1-6-16(24)22(7-2)13-17(25)23-12-11-14-9-8-10-15(18(14)23)21-19(26)27-20(3,4)5/h6,8-10H,1,7,11-13H2,2-5H3,(H,21,26). The smallest absolute Gasteiger partial charge is 0.412 e. The first kappa shape index (κ1) is 20.5. The van der Waals surface area contributed by atoms with Gasteiger partial charge in [-0.3, -0.25) is 14.9 Å². The lowest BCUT2D eigenvalue weighted by Gasteiger charge is -2.25. The first-order valence-corrected chi connectivity index (χ1v) is 9.00. The van der Waals surface area contributed by atoms with Crippen LogP contribution in [-0.4, -0.2) is 48.0 Å². The second-order valence-electron chi connectivity index (χ2n) is 7.29. The number of benzene rings is 1. The fourth-order valence-corrected chi connectivity index (χ4v) is 2.94. The molecule has 1 heterocycles. The highest BCUT2D eigenvalue weighted by Gasteiger charge is 2.29. The van der Waals surface area contributed by atoms with Crippen LogP contribution in [0.15, 0.2) is 30.9 Å². The van der Waals surface area contributed by atoms with Crippen LogP contribution in [0.3, 0.4) is 0 Å². The van der Waals surface area contributed by atoms with Crippen molar-refractivity contribution in [2.24, 2.45) is 0 Å². The fraction of sp³-hybridized carbons (Fsp3) is 0.450. The molecule has 0 aliphatic carbocycles. The van der Waals surface area contributed by atoms with Crippen molar-refractivity contribution >= 4 is 29.3 Å². The number of rotatable bonds is 5. The fourth-order valence-electron chi connectivity index (χ4n) is 2.94. The van der Waals surface area contributed by atoms with E-state index in [-0.39, 0.29) is 18.4 Å².